The number of cyclic esters (lactones) is 1. The first-order chi connectivity index (χ1) is 55.5. The van der Waals surface area contributed by atoms with Gasteiger partial charge in [-0.15, -0.1) is 0 Å². The number of ketones is 1. The summed E-state index contributed by atoms with van der Waals surface area (Å²) in [5, 5.41) is 77.2. The van der Waals surface area contributed by atoms with Crippen LogP contribution in [-0.2, 0) is 47.5 Å². The number of Topliss-reactive ketones (excluding diaryl/α,β-unsaturated/α-hetero) is 1. The van der Waals surface area contributed by atoms with E-state index >= 15 is 0 Å². The number of methoxy groups -OCH3 is 6. The number of esters is 1. The molecule has 4 rings (SSSR count). The zero-order chi connectivity index (χ0) is 90.6. The number of carboxylic acid groups (broad SMARTS) is 2. The first-order valence-corrected chi connectivity index (χ1v) is 41.7. The number of nitrogens with one attached hydrogen (secondary N) is 3. The van der Waals surface area contributed by atoms with Crippen LogP contribution in [0.1, 0.15) is 237 Å². The molecule has 0 aromatic heterocycles. The molecule has 1 aliphatic heterocycles. The molecule has 3 aromatic carbocycles. The Morgan fingerprint density at radius 3 is 1.09 bits per heavy atom. The third-order valence-corrected chi connectivity index (χ3v) is 20.5. The molecule has 0 spiro atoms. The molecule has 3 amide bonds. The van der Waals surface area contributed by atoms with E-state index in [9.17, 15) is 64.2 Å². The van der Waals surface area contributed by atoms with Crippen molar-refractivity contribution in [2.45, 2.75) is 269 Å². The Morgan fingerprint density at radius 2 is 0.777 bits per heavy atom. The van der Waals surface area contributed by atoms with Gasteiger partial charge in [-0.2, -0.15) is 0 Å². The van der Waals surface area contributed by atoms with Crippen LogP contribution in [0, 0.1) is 71.0 Å². The molecule has 1 saturated heterocycles. The van der Waals surface area contributed by atoms with E-state index in [4.69, 9.17) is 61.6 Å². The molecule has 14 atom stereocenters. The fraction of sp³-hybridized carbons (Fsp3) is 0.722. The molecule has 0 radical (unpaired) electrons. The van der Waals surface area contributed by atoms with Crippen molar-refractivity contribution in [3.63, 3.8) is 0 Å². The zero-order valence-corrected chi connectivity index (χ0v) is 78.1. The molecule has 680 valence electrons. The average Bonchev–Trinajstić information content (AvgIpc) is 1.55. The van der Waals surface area contributed by atoms with E-state index in [1.54, 1.807) is 167 Å². The molecule has 7 N–H and O–H groups in total. The van der Waals surface area contributed by atoms with Crippen molar-refractivity contribution in [2.24, 2.45) is 71.0 Å². The summed E-state index contributed by atoms with van der Waals surface area (Å²) in [7, 11) is 9.49. The zero-order valence-electron chi connectivity index (χ0n) is 78.1. The Kier molecular flexibility index (Phi) is 53.1. The summed E-state index contributed by atoms with van der Waals surface area (Å²) in [5.41, 5.74) is -0.591. The number of carbonyl (C=O) groups excluding carboxylic acids is 7. The molecule has 29 nitrogen and oxygen atoms in total. The standard InChI is InChI=1S/C30H51NO9.C30H49NO9.C30H49NO8.2Li/c2*1-18(2)21(27(33)20-11-12-25(38-9)26(15-20)39-14-10-13-37-8)16-23(31-29(36)40-30(5,6)7)24(32)17-22(19(3)4)28(34)35;1-18(2)21(27(32)20-11-12-24(36-9)26(15-20)37-14-10-13-35-8)16-23(31-29(34)39-30(5,6)7)25-17-22(19(3)4)28(33)38-25;;/h11-12,15,18-19,21-24,27,32-33H,10,13-14,16-17H2,1-9H3,(H,31,36)(H,34,35);11-12,15,18-19,21-24,32H,10,13-14,16-17H2,1-9H3,(H,31,36)(H,34,35);11-12,15,18-19,21-23,25,27,32H,10,13-14,16-17H2,1-9H3,(H,31,34);;/q;;;2*+1/p-2/t21-,22-,23-,24-,27?;21-,22-,23-,24-;21-,22?,23-,25-,27?;;/m000../s1. The molecule has 121 heavy (non-hydrogen) atoms. The number of carboxylic acids is 2. The molecular formula is C90H147Li2N3O26. The number of aliphatic hydroxyl groups excluding tert-OH is 4. The number of aliphatic hydroxyl groups is 4. The van der Waals surface area contributed by atoms with Crippen molar-refractivity contribution in [3.05, 3.63) is 71.3 Å². The fourth-order valence-corrected chi connectivity index (χ4v) is 13.7. The smallest absolute Gasteiger partial charge is 0.550 e. The van der Waals surface area contributed by atoms with E-state index in [2.05, 4.69) is 16.0 Å². The number of benzene rings is 3. The van der Waals surface area contributed by atoms with Gasteiger partial charge in [0.25, 0.3) is 0 Å². The van der Waals surface area contributed by atoms with Gasteiger partial charge in [0, 0.05) is 95.7 Å². The van der Waals surface area contributed by atoms with Gasteiger partial charge in [-0.05, 0) is 202 Å². The van der Waals surface area contributed by atoms with Gasteiger partial charge in [0.15, 0.2) is 40.3 Å². The SMILES string of the molecule is COCCCOc1cc(C(=O)[C@@H](C[C@H](NC(=O)OC(C)(C)C)[C@@H](O)C[C@H](C(=O)[O-])C(C)C)C(C)C)ccc1OC.COCCCOc1cc(C(O)[C@@H](C[C@H](NC(=O)OC(C)(C)C)[C@@H](O)C[C@H](C(=O)[O-])C(C)C)C(C)C)ccc1OC.COCCCOc1cc(C(O)[C@@H](C[C@H](NC(=O)OC(C)(C)C)[C@@H]2CC(C(C)C)C(=O)O2)C(C)C)ccc1OC.[Li+].[Li+]. The van der Waals surface area contributed by atoms with Gasteiger partial charge < -0.3 is 118 Å². The number of carbonyl (C=O) groups is 7. The Hall–Kier alpha value is -6.74. The summed E-state index contributed by atoms with van der Waals surface area (Å²) in [6, 6.07) is 13.2. The summed E-state index contributed by atoms with van der Waals surface area (Å²) in [6.45, 7) is 41.2. The molecule has 0 bridgehead atoms. The maximum Gasteiger partial charge on any atom is 1.00 e. The normalized spacial score (nSPS) is 16.5. The second-order valence-corrected chi connectivity index (χ2v) is 35.7. The molecular weight excluding hydrogens is 1550 g/mol. The summed E-state index contributed by atoms with van der Waals surface area (Å²) in [5.74, 6) is -4.03. The van der Waals surface area contributed by atoms with Crippen LogP contribution in [0.15, 0.2) is 54.6 Å². The topological polar surface area (TPSA) is 403 Å². The van der Waals surface area contributed by atoms with Gasteiger partial charge >= 0.3 is 62.0 Å². The van der Waals surface area contributed by atoms with Crippen LogP contribution in [-0.4, -0.2) is 198 Å². The second-order valence-electron chi connectivity index (χ2n) is 35.7. The number of rotatable bonds is 48. The monoisotopic (exact) mass is 1700 g/mol. The van der Waals surface area contributed by atoms with Crippen LogP contribution >= 0.6 is 0 Å². The molecule has 0 saturated carbocycles. The third kappa shape index (κ3) is 41.7. The minimum absolute atomic E-state index is 0. The largest absolute Gasteiger partial charge is 1.00 e. The second kappa shape index (κ2) is 56.3. The van der Waals surface area contributed by atoms with Crippen molar-refractivity contribution in [2.75, 3.05) is 82.3 Å². The number of hydrogen-bond acceptors (Lipinski definition) is 26. The predicted molar refractivity (Wildman–Crippen MR) is 448 cm³/mol. The first kappa shape index (κ1) is 114. The van der Waals surface area contributed by atoms with E-state index < -0.39 is 119 Å². The third-order valence-electron chi connectivity index (χ3n) is 20.5. The van der Waals surface area contributed by atoms with Crippen molar-refractivity contribution in [1.29, 1.82) is 0 Å². The quantitative estimate of drug-likeness (QED) is 0.0106. The van der Waals surface area contributed by atoms with Crippen LogP contribution in [0.5, 0.6) is 34.5 Å². The van der Waals surface area contributed by atoms with Gasteiger partial charge in [-0.1, -0.05) is 95.2 Å². The summed E-state index contributed by atoms with van der Waals surface area (Å²) in [4.78, 5) is 88.0. The Balaban J connectivity index is 0.00000177. The van der Waals surface area contributed by atoms with E-state index in [1.165, 1.54) is 14.2 Å². The number of ether oxygens (including phenoxy) is 13. The first-order valence-electron chi connectivity index (χ1n) is 41.7. The molecule has 0 aliphatic carbocycles. The minimum atomic E-state index is -1.28. The molecule has 1 heterocycles. The van der Waals surface area contributed by atoms with E-state index in [1.807, 2.05) is 61.5 Å². The molecule has 1 aliphatic rings. The molecule has 1 fully saturated rings. The number of alkyl carbamates (subject to hydrolysis) is 3. The van der Waals surface area contributed by atoms with Crippen LogP contribution in [0.25, 0.3) is 0 Å². The molecule has 3 aromatic rings. The van der Waals surface area contributed by atoms with Crippen LogP contribution in [0.3, 0.4) is 0 Å². The summed E-state index contributed by atoms with van der Waals surface area (Å²) >= 11 is 0. The predicted octanol–water partition coefficient (Wildman–Crippen LogP) is 6.39. The Bertz CT molecular complexity index is 3520. The summed E-state index contributed by atoms with van der Waals surface area (Å²) < 4.78 is 71.2. The van der Waals surface area contributed by atoms with Gasteiger partial charge in [-0.25, -0.2) is 14.4 Å². The van der Waals surface area contributed by atoms with E-state index in [0.717, 1.165) is 6.42 Å². The van der Waals surface area contributed by atoms with Crippen molar-refractivity contribution < 1.29 is 164 Å². The molecule has 31 heteroatoms. The van der Waals surface area contributed by atoms with Crippen molar-refractivity contribution in [1.82, 2.24) is 16.0 Å². The number of amides is 3. The van der Waals surface area contributed by atoms with Crippen molar-refractivity contribution >= 4 is 42.0 Å². The summed E-state index contributed by atoms with van der Waals surface area (Å²) in [6.07, 6.45) is -4.03. The van der Waals surface area contributed by atoms with Gasteiger partial charge in [0.2, 0.25) is 0 Å². The van der Waals surface area contributed by atoms with Gasteiger partial charge in [-0.3, -0.25) is 9.59 Å². The van der Waals surface area contributed by atoms with Crippen molar-refractivity contribution in [3.8, 4) is 34.5 Å². The number of hydrogen-bond donors (Lipinski definition) is 7. The average molecular weight is 1700 g/mol. The van der Waals surface area contributed by atoms with Crippen LogP contribution < -0.4 is 92.3 Å². The maximum absolute atomic E-state index is 13.8. The molecule has 3 unspecified atom stereocenters. The number of aliphatic carboxylic acids is 2. The fourth-order valence-electron chi connectivity index (χ4n) is 13.7. The van der Waals surface area contributed by atoms with E-state index in [0.29, 0.717) is 117 Å². The van der Waals surface area contributed by atoms with E-state index in [-0.39, 0.29) is 123 Å². The van der Waals surface area contributed by atoms with Crippen LogP contribution in [0.2, 0.25) is 0 Å². The van der Waals surface area contributed by atoms with Gasteiger partial charge in [0.05, 0.1) is 89.6 Å². The van der Waals surface area contributed by atoms with Crippen LogP contribution in [0.4, 0.5) is 14.4 Å². The maximum atomic E-state index is 13.8. The minimum Gasteiger partial charge on any atom is -0.550 e. The van der Waals surface area contributed by atoms with Gasteiger partial charge in [0.1, 0.15) is 22.9 Å². The Morgan fingerprint density at radius 1 is 0.438 bits per heavy atom. The Labute approximate surface area is 744 Å².